The average molecular weight is 271 g/mol. The van der Waals surface area contributed by atoms with Gasteiger partial charge in [0.1, 0.15) is 12.4 Å². The van der Waals surface area contributed by atoms with E-state index in [1.165, 1.54) is 0 Å². The van der Waals surface area contributed by atoms with Gasteiger partial charge in [-0.15, -0.1) is 0 Å². The zero-order valence-electron chi connectivity index (χ0n) is 11.6. The number of rotatable bonds is 5. The molecule has 2 rings (SSSR count). The maximum atomic E-state index is 12.0. The Balaban J connectivity index is 2.17. The van der Waals surface area contributed by atoms with Crippen LogP contribution < -0.4 is 5.32 Å². The van der Waals surface area contributed by atoms with Gasteiger partial charge < -0.3 is 9.88 Å². The minimum absolute atomic E-state index is 0.157. The van der Waals surface area contributed by atoms with Gasteiger partial charge >= 0.3 is 0 Å². The molecule has 0 unspecified atom stereocenters. The van der Waals surface area contributed by atoms with Crippen molar-refractivity contribution in [3.05, 3.63) is 42.6 Å². The molecule has 6 nitrogen and oxygen atoms in total. The van der Waals surface area contributed by atoms with Gasteiger partial charge in [0.05, 0.1) is 11.4 Å². The molecule has 1 N–H and O–H groups in total. The van der Waals surface area contributed by atoms with Gasteiger partial charge in [-0.3, -0.25) is 9.48 Å². The number of hydrogen-bond acceptors (Lipinski definition) is 3. The van der Waals surface area contributed by atoms with E-state index in [0.29, 0.717) is 5.82 Å². The Kier molecular flexibility index (Phi) is 3.84. The average Bonchev–Trinajstić information content (AvgIpc) is 2.94. The molecule has 104 valence electrons. The Morgan fingerprint density at radius 3 is 2.75 bits per heavy atom. The summed E-state index contributed by atoms with van der Waals surface area (Å²) in [5.74, 6) is 1.10. The van der Waals surface area contributed by atoms with Crippen LogP contribution in [0.1, 0.15) is 17.2 Å². The van der Waals surface area contributed by atoms with Crippen LogP contribution in [0.3, 0.4) is 0 Å². The number of amides is 1. The summed E-state index contributed by atoms with van der Waals surface area (Å²) in [6, 6.07) is 1.74. The molecule has 0 aliphatic heterocycles. The first-order chi connectivity index (χ1) is 9.55. The molecule has 0 fully saturated rings. The van der Waals surface area contributed by atoms with Crippen LogP contribution in [0, 0.1) is 6.92 Å². The third kappa shape index (κ3) is 2.69. The lowest BCUT2D eigenvalue weighted by atomic mass is 10.3. The van der Waals surface area contributed by atoms with Crippen LogP contribution >= 0.6 is 0 Å². The molecule has 1 amide bonds. The summed E-state index contributed by atoms with van der Waals surface area (Å²) in [4.78, 5) is 16.4. The summed E-state index contributed by atoms with van der Waals surface area (Å²) in [5.41, 5.74) is 1.51. The summed E-state index contributed by atoms with van der Waals surface area (Å²) in [6.07, 6.45) is 5.09. The SMILES string of the molecule is C=Cc1nc(C)n(CC(=O)Nc2ccn(C)n2)c1C=C. The number of nitrogens with zero attached hydrogens (tertiary/aromatic N) is 4. The number of carbonyl (C=O) groups excluding carboxylic acids is 1. The first-order valence-corrected chi connectivity index (χ1v) is 6.16. The third-order valence-corrected chi connectivity index (χ3v) is 2.90. The van der Waals surface area contributed by atoms with Gasteiger partial charge in [0.2, 0.25) is 5.91 Å². The maximum absolute atomic E-state index is 12.0. The molecule has 0 atom stereocenters. The molecule has 0 saturated carbocycles. The zero-order chi connectivity index (χ0) is 14.7. The predicted molar refractivity (Wildman–Crippen MR) is 79.0 cm³/mol. The summed E-state index contributed by atoms with van der Waals surface area (Å²) in [5, 5.41) is 6.84. The molecule has 0 aliphatic rings. The molecule has 0 bridgehead atoms. The second-order valence-corrected chi connectivity index (χ2v) is 4.35. The van der Waals surface area contributed by atoms with Crippen LogP contribution in [-0.2, 0) is 18.4 Å². The van der Waals surface area contributed by atoms with E-state index in [1.54, 1.807) is 40.7 Å². The topological polar surface area (TPSA) is 64.7 Å². The smallest absolute Gasteiger partial charge is 0.245 e. The number of imidazole rings is 1. The van der Waals surface area contributed by atoms with Crippen molar-refractivity contribution < 1.29 is 4.79 Å². The van der Waals surface area contributed by atoms with E-state index in [-0.39, 0.29) is 12.5 Å². The van der Waals surface area contributed by atoms with E-state index in [0.717, 1.165) is 17.2 Å². The highest BCUT2D eigenvalue weighted by Crippen LogP contribution is 2.14. The number of aromatic nitrogens is 4. The summed E-state index contributed by atoms with van der Waals surface area (Å²) in [6.45, 7) is 9.46. The Hall–Kier alpha value is -2.63. The first-order valence-electron chi connectivity index (χ1n) is 6.16. The molecule has 6 heteroatoms. The lowest BCUT2D eigenvalue weighted by Gasteiger charge is -2.07. The van der Waals surface area contributed by atoms with Crippen LogP contribution in [0.2, 0.25) is 0 Å². The van der Waals surface area contributed by atoms with Crippen molar-refractivity contribution in [2.45, 2.75) is 13.5 Å². The largest absolute Gasteiger partial charge is 0.319 e. The minimum Gasteiger partial charge on any atom is -0.319 e. The summed E-state index contributed by atoms with van der Waals surface area (Å²) < 4.78 is 3.42. The molecule has 2 aromatic rings. The van der Waals surface area contributed by atoms with Gasteiger partial charge in [0.25, 0.3) is 0 Å². The van der Waals surface area contributed by atoms with E-state index >= 15 is 0 Å². The van der Waals surface area contributed by atoms with Crippen molar-refractivity contribution >= 4 is 23.9 Å². The second kappa shape index (κ2) is 5.56. The number of aryl methyl sites for hydroxylation is 2. The Labute approximate surface area is 117 Å². The third-order valence-electron chi connectivity index (χ3n) is 2.90. The van der Waals surface area contributed by atoms with E-state index < -0.39 is 0 Å². The Morgan fingerprint density at radius 1 is 1.45 bits per heavy atom. The summed E-state index contributed by atoms with van der Waals surface area (Å²) in [7, 11) is 1.79. The highest BCUT2D eigenvalue weighted by atomic mass is 16.2. The van der Waals surface area contributed by atoms with E-state index in [9.17, 15) is 4.79 Å². The van der Waals surface area contributed by atoms with Gasteiger partial charge in [-0.25, -0.2) is 4.98 Å². The quantitative estimate of drug-likeness (QED) is 0.902. The normalized spacial score (nSPS) is 10.3. The van der Waals surface area contributed by atoms with Crippen molar-refractivity contribution in [3.63, 3.8) is 0 Å². The lowest BCUT2D eigenvalue weighted by Crippen LogP contribution is -2.20. The molecule has 2 aromatic heterocycles. The molecule has 0 saturated heterocycles. The molecule has 20 heavy (non-hydrogen) atoms. The van der Waals surface area contributed by atoms with Crippen LogP contribution in [0.5, 0.6) is 0 Å². The van der Waals surface area contributed by atoms with Gasteiger partial charge in [-0.05, 0) is 19.1 Å². The number of hydrogen-bond donors (Lipinski definition) is 1. The van der Waals surface area contributed by atoms with Crippen LogP contribution in [0.15, 0.2) is 25.4 Å². The number of anilines is 1. The van der Waals surface area contributed by atoms with Crippen molar-refractivity contribution in [2.75, 3.05) is 5.32 Å². The highest BCUT2D eigenvalue weighted by Gasteiger charge is 2.13. The second-order valence-electron chi connectivity index (χ2n) is 4.35. The van der Waals surface area contributed by atoms with Crippen molar-refractivity contribution in [1.29, 1.82) is 0 Å². The molecule has 0 aliphatic carbocycles. The fourth-order valence-electron chi connectivity index (χ4n) is 1.98. The molecule has 2 heterocycles. The van der Waals surface area contributed by atoms with Gasteiger partial charge in [0.15, 0.2) is 5.82 Å². The van der Waals surface area contributed by atoms with Crippen molar-refractivity contribution in [1.82, 2.24) is 19.3 Å². The Bertz CT molecular complexity index is 665. The standard InChI is InChI=1S/C14H17N5O/c1-5-11-12(6-2)19(10(3)15-11)9-14(20)16-13-7-8-18(4)17-13/h5-8H,1-2,9H2,3-4H3,(H,16,17,20). The fraction of sp³-hybridized carbons (Fsp3) is 0.214. The summed E-state index contributed by atoms with van der Waals surface area (Å²) >= 11 is 0. The molecular weight excluding hydrogens is 254 g/mol. The zero-order valence-corrected chi connectivity index (χ0v) is 11.6. The minimum atomic E-state index is -0.164. The van der Waals surface area contributed by atoms with E-state index in [1.807, 2.05) is 6.92 Å². The Morgan fingerprint density at radius 2 is 2.20 bits per heavy atom. The molecule has 0 radical (unpaired) electrons. The maximum Gasteiger partial charge on any atom is 0.245 e. The molecular formula is C14H17N5O. The number of nitrogens with one attached hydrogen (secondary N) is 1. The van der Waals surface area contributed by atoms with Gasteiger partial charge in [0, 0.05) is 19.3 Å². The highest BCUT2D eigenvalue weighted by molar-refractivity contribution is 5.89. The first kappa shape index (κ1) is 13.8. The fourth-order valence-corrected chi connectivity index (χ4v) is 1.98. The molecule has 0 aromatic carbocycles. The van der Waals surface area contributed by atoms with Gasteiger partial charge in [-0.1, -0.05) is 13.2 Å². The van der Waals surface area contributed by atoms with Crippen molar-refractivity contribution in [2.24, 2.45) is 7.05 Å². The number of carbonyl (C=O) groups is 1. The van der Waals surface area contributed by atoms with Crippen LogP contribution in [0.25, 0.3) is 12.2 Å². The van der Waals surface area contributed by atoms with E-state index in [2.05, 4.69) is 28.6 Å². The lowest BCUT2D eigenvalue weighted by molar-refractivity contribution is -0.116. The van der Waals surface area contributed by atoms with Crippen LogP contribution in [-0.4, -0.2) is 25.2 Å². The monoisotopic (exact) mass is 271 g/mol. The van der Waals surface area contributed by atoms with Crippen molar-refractivity contribution in [3.8, 4) is 0 Å². The van der Waals surface area contributed by atoms with Crippen LogP contribution in [0.4, 0.5) is 5.82 Å². The predicted octanol–water partition coefficient (Wildman–Crippen LogP) is 1.85. The van der Waals surface area contributed by atoms with Gasteiger partial charge in [-0.2, -0.15) is 5.10 Å². The molecule has 0 spiro atoms. The van der Waals surface area contributed by atoms with E-state index in [4.69, 9.17) is 0 Å².